The Kier molecular flexibility index (Phi) is 5.68. The van der Waals surface area contributed by atoms with E-state index in [2.05, 4.69) is 14.2 Å². The molecule has 3 N–H and O–H groups in total. The number of hydrogen-bond donors (Lipinski definition) is 3. The van der Waals surface area contributed by atoms with Gasteiger partial charge in [0.25, 0.3) is 10.2 Å². The van der Waals surface area contributed by atoms with Gasteiger partial charge in [0.05, 0.1) is 12.7 Å². The highest BCUT2D eigenvalue weighted by Gasteiger charge is 2.20. The third kappa shape index (κ3) is 8.76. The third-order valence-electron chi connectivity index (χ3n) is 1.31. The second kappa shape index (κ2) is 5.76. The van der Waals surface area contributed by atoms with Gasteiger partial charge >= 0.3 is 0 Å². The molecule has 15 heavy (non-hydrogen) atoms. The second-order valence-corrected chi connectivity index (χ2v) is 5.81. The van der Waals surface area contributed by atoms with E-state index in [0.29, 0.717) is 0 Å². The standard InChI is InChI=1S/C8H20N2O4S/c1-8(2,3)10-15(12,13)9-5-7(11)6-14-4/h7,9-11H,5-6H2,1-4H3. The Morgan fingerprint density at radius 3 is 2.33 bits per heavy atom. The average molecular weight is 240 g/mol. The van der Waals surface area contributed by atoms with Crippen LogP contribution in [0.4, 0.5) is 0 Å². The monoisotopic (exact) mass is 240 g/mol. The molecule has 0 saturated heterocycles. The van der Waals surface area contributed by atoms with Gasteiger partial charge in [0.1, 0.15) is 0 Å². The first-order valence-corrected chi connectivity index (χ1v) is 6.10. The molecule has 7 heteroatoms. The van der Waals surface area contributed by atoms with E-state index in [1.807, 2.05) is 0 Å². The summed E-state index contributed by atoms with van der Waals surface area (Å²) < 4.78 is 32.1. The van der Waals surface area contributed by atoms with E-state index in [9.17, 15) is 13.5 Å². The van der Waals surface area contributed by atoms with Crippen molar-refractivity contribution in [1.29, 1.82) is 0 Å². The van der Waals surface area contributed by atoms with Crippen LogP contribution in [0.15, 0.2) is 0 Å². The minimum absolute atomic E-state index is 0.0702. The van der Waals surface area contributed by atoms with Crippen LogP contribution < -0.4 is 9.44 Å². The van der Waals surface area contributed by atoms with Crippen molar-refractivity contribution in [2.24, 2.45) is 0 Å². The maximum atomic E-state index is 11.4. The lowest BCUT2D eigenvalue weighted by molar-refractivity contribution is 0.0678. The zero-order chi connectivity index (χ0) is 12.1. The van der Waals surface area contributed by atoms with Crippen LogP contribution in [0.5, 0.6) is 0 Å². The molecule has 0 aromatic carbocycles. The van der Waals surface area contributed by atoms with E-state index in [4.69, 9.17) is 0 Å². The molecule has 1 atom stereocenters. The summed E-state index contributed by atoms with van der Waals surface area (Å²) in [4.78, 5) is 0. The van der Waals surface area contributed by atoms with E-state index in [1.165, 1.54) is 7.11 Å². The Labute approximate surface area is 91.2 Å². The number of aliphatic hydroxyl groups excluding tert-OH is 1. The molecule has 92 valence electrons. The van der Waals surface area contributed by atoms with Crippen LogP contribution in [0, 0.1) is 0 Å². The van der Waals surface area contributed by atoms with Crippen LogP contribution in [0.25, 0.3) is 0 Å². The number of ether oxygens (including phenoxy) is 1. The zero-order valence-corrected chi connectivity index (χ0v) is 10.4. The molecule has 0 heterocycles. The zero-order valence-electron chi connectivity index (χ0n) is 9.57. The van der Waals surface area contributed by atoms with E-state index in [0.717, 1.165) is 0 Å². The van der Waals surface area contributed by atoms with Crippen molar-refractivity contribution in [3.8, 4) is 0 Å². The van der Waals surface area contributed by atoms with Gasteiger partial charge in [-0.1, -0.05) is 0 Å². The predicted molar refractivity (Wildman–Crippen MR) is 57.7 cm³/mol. The van der Waals surface area contributed by atoms with E-state index >= 15 is 0 Å². The molecule has 0 aromatic rings. The first-order valence-electron chi connectivity index (χ1n) is 4.62. The third-order valence-corrected chi connectivity index (χ3v) is 2.74. The molecule has 0 radical (unpaired) electrons. The molecule has 0 bridgehead atoms. The number of rotatable bonds is 6. The number of aliphatic hydroxyl groups is 1. The molecular formula is C8H20N2O4S. The summed E-state index contributed by atoms with van der Waals surface area (Å²) in [5.74, 6) is 0. The SMILES string of the molecule is COCC(O)CNS(=O)(=O)NC(C)(C)C. The van der Waals surface area contributed by atoms with E-state index in [1.54, 1.807) is 20.8 Å². The lowest BCUT2D eigenvalue weighted by atomic mass is 10.1. The van der Waals surface area contributed by atoms with Crippen molar-refractivity contribution in [3.63, 3.8) is 0 Å². The van der Waals surface area contributed by atoms with Gasteiger partial charge in [-0.2, -0.15) is 17.9 Å². The fourth-order valence-corrected chi connectivity index (χ4v) is 2.19. The first-order chi connectivity index (χ1) is 6.66. The van der Waals surface area contributed by atoms with Crippen molar-refractivity contribution < 1.29 is 18.3 Å². The molecule has 0 spiro atoms. The molecule has 0 amide bonds. The molecule has 0 aliphatic rings. The van der Waals surface area contributed by atoms with Crippen LogP contribution in [-0.2, 0) is 14.9 Å². The topological polar surface area (TPSA) is 87.7 Å². The summed E-state index contributed by atoms with van der Waals surface area (Å²) in [5.41, 5.74) is -0.544. The van der Waals surface area contributed by atoms with Gasteiger partial charge < -0.3 is 9.84 Å². The molecule has 0 aliphatic heterocycles. The maximum absolute atomic E-state index is 11.4. The fraction of sp³-hybridized carbons (Fsp3) is 1.00. The second-order valence-electron chi connectivity index (χ2n) is 4.31. The summed E-state index contributed by atoms with van der Waals surface area (Å²) in [6.07, 6.45) is -0.841. The number of methoxy groups -OCH3 is 1. The van der Waals surface area contributed by atoms with Gasteiger partial charge in [-0.3, -0.25) is 0 Å². The van der Waals surface area contributed by atoms with Gasteiger partial charge in [0.2, 0.25) is 0 Å². The van der Waals surface area contributed by atoms with Gasteiger partial charge in [-0.05, 0) is 20.8 Å². The Bertz CT molecular complexity index is 271. The smallest absolute Gasteiger partial charge is 0.277 e. The van der Waals surface area contributed by atoms with Crippen molar-refractivity contribution >= 4 is 10.2 Å². The summed E-state index contributed by atoms with van der Waals surface area (Å²) in [6.45, 7) is 5.23. The highest BCUT2D eigenvalue weighted by Crippen LogP contribution is 2.00. The quantitative estimate of drug-likeness (QED) is 0.568. The van der Waals surface area contributed by atoms with Crippen molar-refractivity contribution in [3.05, 3.63) is 0 Å². The predicted octanol–water partition coefficient (Wildman–Crippen LogP) is -0.784. The van der Waals surface area contributed by atoms with Crippen LogP contribution in [0.2, 0.25) is 0 Å². The van der Waals surface area contributed by atoms with Gasteiger partial charge in [0.15, 0.2) is 0 Å². The van der Waals surface area contributed by atoms with Crippen molar-refractivity contribution in [2.75, 3.05) is 20.3 Å². The van der Waals surface area contributed by atoms with Crippen molar-refractivity contribution in [1.82, 2.24) is 9.44 Å². The van der Waals surface area contributed by atoms with Crippen LogP contribution in [0.1, 0.15) is 20.8 Å². The maximum Gasteiger partial charge on any atom is 0.277 e. The molecule has 0 fully saturated rings. The minimum Gasteiger partial charge on any atom is -0.389 e. The Morgan fingerprint density at radius 2 is 1.93 bits per heavy atom. The van der Waals surface area contributed by atoms with Crippen molar-refractivity contribution in [2.45, 2.75) is 32.4 Å². The largest absolute Gasteiger partial charge is 0.389 e. The Morgan fingerprint density at radius 1 is 1.40 bits per heavy atom. The molecule has 0 aliphatic carbocycles. The fourth-order valence-electron chi connectivity index (χ4n) is 0.896. The molecule has 1 unspecified atom stereocenters. The lowest BCUT2D eigenvalue weighted by Gasteiger charge is -2.21. The minimum atomic E-state index is -3.57. The summed E-state index contributed by atoms with van der Waals surface area (Å²) >= 11 is 0. The van der Waals surface area contributed by atoms with Gasteiger partial charge in [-0.15, -0.1) is 0 Å². The lowest BCUT2D eigenvalue weighted by Crippen LogP contribution is -2.48. The summed E-state index contributed by atoms with van der Waals surface area (Å²) in [7, 11) is -2.13. The van der Waals surface area contributed by atoms with Gasteiger partial charge in [-0.25, -0.2) is 0 Å². The number of hydrogen-bond acceptors (Lipinski definition) is 4. The summed E-state index contributed by atoms with van der Waals surface area (Å²) in [5, 5.41) is 9.23. The Balaban J connectivity index is 4.06. The van der Waals surface area contributed by atoms with Gasteiger partial charge in [0, 0.05) is 19.2 Å². The normalized spacial score (nSPS) is 15.3. The molecular weight excluding hydrogens is 220 g/mol. The van der Waals surface area contributed by atoms with Crippen LogP contribution in [-0.4, -0.2) is 45.4 Å². The average Bonchev–Trinajstić information content (AvgIpc) is 1.97. The Hall–Kier alpha value is -0.210. The summed E-state index contributed by atoms with van der Waals surface area (Å²) in [6, 6.07) is 0. The van der Waals surface area contributed by atoms with Crippen LogP contribution >= 0.6 is 0 Å². The molecule has 0 rings (SSSR count). The number of nitrogens with one attached hydrogen (secondary N) is 2. The van der Waals surface area contributed by atoms with E-state index < -0.39 is 21.9 Å². The highest BCUT2D eigenvalue weighted by molar-refractivity contribution is 7.87. The molecule has 0 aromatic heterocycles. The van der Waals surface area contributed by atoms with Crippen LogP contribution in [0.3, 0.4) is 0 Å². The highest BCUT2D eigenvalue weighted by atomic mass is 32.2. The van der Waals surface area contributed by atoms with E-state index in [-0.39, 0.29) is 13.2 Å². The first kappa shape index (κ1) is 14.8. The molecule has 0 saturated carbocycles. The molecule has 6 nitrogen and oxygen atoms in total.